The van der Waals surface area contributed by atoms with Gasteiger partial charge < -0.3 is 10.5 Å². The van der Waals surface area contributed by atoms with Crippen molar-refractivity contribution in [3.63, 3.8) is 0 Å². The van der Waals surface area contributed by atoms with Crippen LogP contribution in [-0.4, -0.2) is 16.6 Å². The lowest BCUT2D eigenvalue weighted by Gasteiger charge is -2.16. The third kappa shape index (κ3) is 3.87. The van der Waals surface area contributed by atoms with E-state index >= 15 is 0 Å². The Morgan fingerprint density at radius 3 is 2.58 bits per heavy atom. The maximum Gasteiger partial charge on any atom is 0.144 e. The van der Waals surface area contributed by atoms with E-state index in [0.717, 1.165) is 0 Å². The molecule has 0 aliphatic rings. The van der Waals surface area contributed by atoms with Gasteiger partial charge in [0.05, 0.1) is 35.1 Å². The molecule has 138 valence electrons. The van der Waals surface area contributed by atoms with Crippen LogP contribution in [0, 0.1) is 11.6 Å². The molecule has 0 aliphatic heterocycles. The second-order valence-corrected chi connectivity index (χ2v) is 5.65. The third-order valence-corrected chi connectivity index (χ3v) is 4.02. The van der Waals surface area contributed by atoms with Gasteiger partial charge in [0.25, 0.3) is 0 Å². The lowest BCUT2D eigenvalue weighted by Crippen LogP contribution is -2.17. The first-order valence-corrected chi connectivity index (χ1v) is 8.27. The van der Waals surface area contributed by atoms with Gasteiger partial charge in [0.2, 0.25) is 0 Å². The van der Waals surface area contributed by atoms with Gasteiger partial charge >= 0.3 is 0 Å². The van der Waals surface area contributed by atoms with Gasteiger partial charge in [-0.3, -0.25) is 0 Å². The van der Waals surface area contributed by atoms with Crippen molar-refractivity contribution in [3.8, 4) is 5.75 Å². The fraction of sp³-hybridized carbons (Fsp3) is 0.222. The van der Waals surface area contributed by atoms with Crippen LogP contribution in [0.15, 0.2) is 36.4 Å². The molecule has 1 atom stereocenters. The topological polar surface area (TPSA) is 61.0 Å². The fourth-order valence-electron chi connectivity index (χ4n) is 2.67. The zero-order valence-electron chi connectivity index (χ0n) is 13.9. The first kappa shape index (κ1) is 20.3. The van der Waals surface area contributed by atoms with Crippen LogP contribution < -0.4 is 10.5 Å². The van der Waals surface area contributed by atoms with Crippen LogP contribution in [-0.2, 0) is 5.88 Å². The summed E-state index contributed by atoms with van der Waals surface area (Å²) >= 11 is 5.83. The molecule has 0 amide bonds. The van der Waals surface area contributed by atoms with E-state index in [1.165, 1.54) is 24.3 Å². The van der Waals surface area contributed by atoms with Crippen LogP contribution in [0.4, 0.5) is 8.78 Å². The molecular weight excluding hydrogens is 383 g/mol. The molecule has 4 nitrogen and oxygen atoms in total. The highest BCUT2D eigenvalue weighted by atomic mass is 35.5. The molecule has 1 unspecified atom stereocenters. The van der Waals surface area contributed by atoms with Crippen molar-refractivity contribution in [1.29, 1.82) is 0 Å². The molecule has 2 aromatic carbocycles. The standard InChI is InChI=1S/C18H16ClF2N3O.ClH/c1-2-25-10-6-7-11(13(21)8-10)17(22)18-16-12(20)4-3-5-14(16)23-15(9-19)24-18;/h3-8,17H,2,9,22H2,1H3;1H. The molecule has 26 heavy (non-hydrogen) atoms. The van der Waals surface area contributed by atoms with Crippen LogP contribution in [0.25, 0.3) is 10.9 Å². The predicted octanol–water partition coefficient (Wildman–Crippen LogP) is 4.52. The molecular formula is C18H17Cl2F2N3O. The molecule has 0 bridgehead atoms. The molecule has 0 saturated carbocycles. The summed E-state index contributed by atoms with van der Waals surface area (Å²) < 4.78 is 34.1. The minimum Gasteiger partial charge on any atom is -0.494 e. The molecule has 0 fully saturated rings. The van der Waals surface area contributed by atoms with Crippen molar-refractivity contribution in [2.45, 2.75) is 18.8 Å². The summed E-state index contributed by atoms with van der Waals surface area (Å²) in [6.45, 7) is 2.23. The molecule has 0 aliphatic carbocycles. The summed E-state index contributed by atoms with van der Waals surface area (Å²) in [4.78, 5) is 8.45. The highest BCUT2D eigenvalue weighted by Crippen LogP contribution is 2.30. The number of nitrogens with zero attached hydrogens (tertiary/aromatic N) is 2. The van der Waals surface area contributed by atoms with Crippen LogP contribution in [0.1, 0.15) is 30.0 Å². The number of hydrogen-bond donors (Lipinski definition) is 1. The van der Waals surface area contributed by atoms with Crippen LogP contribution in [0.2, 0.25) is 0 Å². The van der Waals surface area contributed by atoms with Gasteiger partial charge in [0.15, 0.2) is 0 Å². The molecule has 1 aromatic heterocycles. The van der Waals surface area contributed by atoms with Crippen LogP contribution >= 0.6 is 24.0 Å². The number of alkyl halides is 1. The van der Waals surface area contributed by atoms with Gasteiger partial charge in [-0.25, -0.2) is 18.7 Å². The number of benzene rings is 2. The number of ether oxygens (including phenoxy) is 1. The number of halogens is 4. The Bertz CT molecular complexity index is 924. The third-order valence-electron chi connectivity index (χ3n) is 3.78. The number of aromatic nitrogens is 2. The normalized spacial score (nSPS) is 11.9. The van der Waals surface area contributed by atoms with Crippen molar-refractivity contribution in [3.05, 3.63) is 65.1 Å². The minimum absolute atomic E-state index is 0. The van der Waals surface area contributed by atoms with Gasteiger partial charge in [-0.2, -0.15) is 0 Å². The Balaban J connectivity index is 0.00000243. The first-order chi connectivity index (χ1) is 12.0. The summed E-state index contributed by atoms with van der Waals surface area (Å²) in [6, 6.07) is 7.87. The highest BCUT2D eigenvalue weighted by Gasteiger charge is 2.21. The Kier molecular flexibility index (Phi) is 6.69. The van der Waals surface area contributed by atoms with Crippen molar-refractivity contribution in [2.75, 3.05) is 6.61 Å². The zero-order valence-corrected chi connectivity index (χ0v) is 15.5. The van der Waals surface area contributed by atoms with E-state index in [-0.39, 0.29) is 34.9 Å². The number of fused-ring (bicyclic) bond motifs is 1. The molecule has 0 spiro atoms. The Morgan fingerprint density at radius 1 is 1.15 bits per heavy atom. The average molecular weight is 400 g/mol. The summed E-state index contributed by atoms with van der Waals surface area (Å²) in [7, 11) is 0. The zero-order chi connectivity index (χ0) is 18.0. The monoisotopic (exact) mass is 399 g/mol. The lowest BCUT2D eigenvalue weighted by molar-refractivity contribution is 0.338. The van der Waals surface area contributed by atoms with Crippen molar-refractivity contribution < 1.29 is 13.5 Å². The lowest BCUT2D eigenvalue weighted by atomic mass is 9.99. The summed E-state index contributed by atoms with van der Waals surface area (Å²) in [6.07, 6.45) is 0. The summed E-state index contributed by atoms with van der Waals surface area (Å²) in [5, 5.41) is 0.164. The Morgan fingerprint density at radius 2 is 1.92 bits per heavy atom. The van der Waals surface area contributed by atoms with E-state index in [4.69, 9.17) is 22.1 Å². The Hall–Kier alpha value is -2.02. The van der Waals surface area contributed by atoms with Gasteiger partial charge in [-0.1, -0.05) is 12.1 Å². The van der Waals surface area contributed by atoms with E-state index in [0.29, 0.717) is 23.7 Å². The van der Waals surface area contributed by atoms with Gasteiger partial charge in [0.1, 0.15) is 23.2 Å². The summed E-state index contributed by atoms with van der Waals surface area (Å²) in [5.74, 6) is -0.324. The highest BCUT2D eigenvalue weighted by molar-refractivity contribution is 6.16. The molecule has 8 heteroatoms. The van der Waals surface area contributed by atoms with Gasteiger partial charge in [-0.15, -0.1) is 24.0 Å². The number of hydrogen-bond acceptors (Lipinski definition) is 4. The molecule has 3 rings (SSSR count). The second kappa shape index (κ2) is 8.58. The van der Waals surface area contributed by atoms with E-state index in [2.05, 4.69) is 9.97 Å². The van der Waals surface area contributed by atoms with E-state index in [9.17, 15) is 8.78 Å². The van der Waals surface area contributed by atoms with E-state index in [1.54, 1.807) is 19.1 Å². The first-order valence-electron chi connectivity index (χ1n) is 7.74. The fourth-order valence-corrected chi connectivity index (χ4v) is 2.79. The SMILES string of the molecule is CCOc1ccc(C(N)c2nc(CCl)nc3cccc(F)c23)c(F)c1.Cl. The van der Waals surface area contributed by atoms with Crippen LogP contribution in [0.3, 0.4) is 0 Å². The Labute approximate surface area is 160 Å². The quantitative estimate of drug-likeness (QED) is 0.640. The predicted molar refractivity (Wildman–Crippen MR) is 99.9 cm³/mol. The maximum atomic E-state index is 14.5. The largest absolute Gasteiger partial charge is 0.494 e. The van der Waals surface area contributed by atoms with Crippen molar-refractivity contribution in [2.24, 2.45) is 5.73 Å². The number of nitrogens with two attached hydrogens (primary N) is 1. The van der Waals surface area contributed by atoms with Gasteiger partial charge in [-0.05, 0) is 25.1 Å². The average Bonchev–Trinajstić information content (AvgIpc) is 2.61. The minimum atomic E-state index is -0.972. The van der Waals surface area contributed by atoms with E-state index in [1.807, 2.05) is 0 Å². The second-order valence-electron chi connectivity index (χ2n) is 5.39. The molecule has 0 saturated heterocycles. The van der Waals surface area contributed by atoms with Crippen molar-refractivity contribution >= 4 is 34.9 Å². The molecule has 2 N–H and O–H groups in total. The number of rotatable bonds is 5. The van der Waals surface area contributed by atoms with Crippen molar-refractivity contribution in [1.82, 2.24) is 9.97 Å². The summed E-state index contributed by atoms with van der Waals surface area (Å²) in [5.41, 5.74) is 6.98. The molecule has 3 aromatic rings. The van der Waals surface area contributed by atoms with E-state index < -0.39 is 17.7 Å². The van der Waals surface area contributed by atoms with Gasteiger partial charge in [0, 0.05) is 11.6 Å². The maximum absolute atomic E-state index is 14.5. The molecule has 0 radical (unpaired) electrons. The smallest absolute Gasteiger partial charge is 0.144 e. The molecule has 1 heterocycles. The van der Waals surface area contributed by atoms with Crippen LogP contribution in [0.5, 0.6) is 5.75 Å².